The second-order valence-electron chi connectivity index (χ2n) is 9.28. The first-order chi connectivity index (χ1) is 18.5. The highest BCUT2D eigenvalue weighted by Crippen LogP contribution is 2.39. The lowest BCUT2D eigenvalue weighted by Gasteiger charge is -2.12. The minimum atomic E-state index is -0.383. The van der Waals surface area contributed by atoms with Gasteiger partial charge in [-0.25, -0.2) is 18.7 Å². The van der Waals surface area contributed by atoms with Gasteiger partial charge in [-0.05, 0) is 85.0 Å². The largest absolute Gasteiger partial charge is 0.457 e. The molecule has 0 atom stereocenters. The third-order valence-corrected chi connectivity index (χ3v) is 7.58. The number of halogens is 2. The van der Waals surface area contributed by atoms with Gasteiger partial charge in [0.15, 0.2) is 0 Å². The Morgan fingerprint density at radius 2 is 1.76 bits per heavy atom. The van der Waals surface area contributed by atoms with Crippen LogP contribution in [0.3, 0.4) is 0 Å². The van der Waals surface area contributed by atoms with Gasteiger partial charge in [0.25, 0.3) is 0 Å². The second-order valence-corrected chi connectivity index (χ2v) is 10.2. The van der Waals surface area contributed by atoms with E-state index in [0.29, 0.717) is 29.0 Å². The monoisotopic (exact) mass is 529 g/mol. The fraction of sp³-hybridized carbons (Fsp3) is 0.172. The first-order valence-electron chi connectivity index (χ1n) is 12.4. The second kappa shape index (κ2) is 10.3. The number of hydrogen-bond acceptors (Lipinski definition) is 6. The van der Waals surface area contributed by atoms with Crippen molar-refractivity contribution in [2.75, 3.05) is 10.5 Å². The average Bonchev–Trinajstić information content (AvgIpc) is 3.59. The van der Waals surface area contributed by atoms with Crippen molar-refractivity contribution in [3.8, 4) is 22.6 Å². The van der Waals surface area contributed by atoms with Gasteiger partial charge in [-0.1, -0.05) is 25.0 Å². The van der Waals surface area contributed by atoms with Crippen LogP contribution in [0.25, 0.3) is 22.2 Å². The Morgan fingerprint density at radius 1 is 0.947 bits per heavy atom. The van der Waals surface area contributed by atoms with Gasteiger partial charge in [0.1, 0.15) is 40.9 Å². The van der Waals surface area contributed by atoms with E-state index in [1.807, 2.05) is 30.5 Å². The number of benzene rings is 3. The fourth-order valence-corrected chi connectivity index (χ4v) is 5.62. The summed E-state index contributed by atoms with van der Waals surface area (Å²) in [6, 6.07) is 18.7. The van der Waals surface area contributed by atoms with Crippen molar-refractivity contribution in [1.29, 1.82) is 0 Å². The van der Waals surface area contributed by atoms with Crippen LogP contribution in [0.4, 0.5) is 20.3 Å². The molecule has 0 saturated heterocycles. The molecule has 5 aromatic rings. The van der Waals surface area contributed by atoms with E-state index < -0.39 is 0 Å². The molecule has 0 amide bonds. The topological polar surface area (TPSA) is 78.0 Å². The summed E-state index contributed by atoms with van der Waals surface area (Å²) >= 11 is 1.27. The summed E-state index contributed by atoms with van der Waals surface area (Å²) in [5.74, 6) is 0.810. The van der Waals surface area contributed by atoms with Crippen LogP contribution < -0.4 is 15.2 Å². The fourth-order valence-electron chi connectivity index (χ4n) is 4.91. The standard InChI is InChI=1S/C29H25F2N5OS/c30-19-9-11-21(12-10-19)37-22-6-3-7-23(15-22)38-35-26-13-8-18(14-25(26)31)24-16-36(20-4-1-2-5-20)29-27(24)28(32)33-17-34-29/h3,6-17,20,35H,1-2,4-5H2,(H2,32,33,34). The number of ether oxygens (including phenoxy) is 1. The molecule has 1 aliphatic rings. The molecule has 1 fully saturated rings. The van der Waals surface area contributed by atoms with Gasteiger partial charge >= 0.3 is 0 Å². The van der Waals surface area contributed by atoms with Crippen molar-refractivity contribution >= 4 is 34.5 Å². The number of fused-ring (bicyclic) bond motifs is 1. The van der Waals surface area contributed by atoms with Crippen LogP contribution >= 0.6 is 11.9 Å². The molecule has 192 valence electrons. The predicted octanol–water partition coefficient (Wildman–Crippen LogP) is 7.99. The summed E-state index contributed by atoms with van der Waals surface area (Å²) in [5.41, 5.74) is 8.95. The minimum absolute atomic E-state index is 0.324. The smallest absolute Gasteiger partial charge is 0.147 e. The Labute approximate surface area is 223 Å². The van der Waals surface area contributed by atoms with Crippen LogP contribution in [0, 0.1) is 11.6 Å². The van der Waals surface area contributed by atoms with Crippen molar-refractivity contribution in [3.63, 3.8) is 0 Å². The van der Waals surface area contributed by atoms with Crippen LogP contribution in [0.15, 0.2) is 84.1 Å². The number of nitrogens with two attached hydrogens (primary N) is 1. The third-order valence-electron chi connectivity index (χ3n) is 6.77. The molecule has 3 N–H and O–H groups in total. The van der Waals surface area contributed by atoms with Crippen LogP contribution in [-0.4, -0.2) is 14.5 Å². The quantitative estimate of drug-likeness (QED) is 0.208. The van der Waals surface area contributed by atoms with E-state index in [0.717, 1.165) is 39.9 Å². The SMILES string of the molecule is Nc1ncnc2c1c(-c1ccc(NSc3cccc(Oc4ccc(F)cc4)c3)c(F)c1)cn2C1CCCC1. The van der Waals surface area contributed by atoms with Crippen molar-refractivity contribution in [2.24, 2.45) is 0 Å². The van der Waals surface area contributed by atoms with Gasteiger partial charge in [0.2, 0.25) is 0 Å². The van der Waals surface area contributed by atoms with Gasteiger partial charge in [-0.15, -0.1) is 0 Å². The van der Waals surface area contributed by atoms with Gasteiger partial charge in [0.05, 0.1) is 11.1 Å². The molecule has 6 rings (SSSR count). The highest BCUT2D eigenvalue weighted by molar-refractivity contribution is 8.00. The van der Waals surface area contributed by atoms with Crippen LogP contribution in [0.2, 0.25) is 0 Å². The van der Waals surface area contributed by atoms with E-state index in [1.165, 1.54) is 49.3 Å². The van der Waals surface area contributed by atoms with Crippen LogP contribution in [0.1, 0.15) is 31.7 Å². The lowest BCUT2D eigenvalue weighted by Crippen LogP contribution is -2.04. The zero-order valence-electron chi connectivity index (χ0n) is 20.4. The molecule has 9 heteroatoms. The molecule has 0 spiro atoms. The normalized spacial score (nSPS) is 13.7. The number of nitrogens with zero attached hydrogens (tertiary/aromatic N) is 3. The molecule has 2 heterocycles. The zero-order chi connectivity index (χ0) is 26.1. The molecule has 3 aromatic carbocycles. The Balaban J connectivity index is 1.21. The third kappa shape index (κ3) is 4.89. The van der Waals surface area contributed by atoms with Crippen molar-refractivity contribution < 1.29 is 13.5 Å². The number of hydrogen-bond donors (Lipinski definition) is 2. The van der Waals surface area contributed by atoms with E-state index in [4.69, 9.17) is 10.5 Å². The summed E-state index contributed by atoms with van der Waals surface area (Å²) < 4.78 is 39.5. The van der Waals surface area contributed by atoms with E-state index in [2.05, 4.69) is 19.3 Å². The number of nitrogen functional groups attached to an aromatic ring is 1. The Hall–Kier alpha value is -4.11. The molecular weight excluding hydrogens is 504 g/mol. The number of anilines is 2. The van der Waals surface area contributed by atoms with Crippen LogP contribution in [0.5, 0.6) is 11.5 Å². The molecule has 0 unspecified atom stereocenters. The first-order valence-corrected chi connectivity index (χ1v) is 13.2. The van der Waals surface area contributed by atoms with Gasteiger partial charge in [-0.3, -0.25) is 0 Å². The Bertz CT molecular complexity index is 1600. The molecule has 38 heavy (non-hydrogen) atoms. The molecular formula is C29H25F2N5OS. The summed E-state index contributed by atoms with van der Waals surface area (Å²) in [6.07, 6.45) is 8.09. The molecule has 6 nitrogen and oxygen atoms in total. The van der Waals surface area contributed by atoms with E-state index in [1.54, 1.807) is 24.3 Å². The zero-order valence-corrected chi connectivity index (χ0v) is 21.2. The molecule has 0 bridgehead atoms. The van der Waals surface area contributed by atoms with Gasteiger partial charge in [-0.2, -0.15) is 0 Å². The Morgan fingerprint density at radius 3 is 2.55 bits per heavy atom. The van der Waals surface area contributed by atoms with Crippen molar-refractivity contribution in [3.05, 3.63) is 90.9 Å². The molecule has 2 aromatic heterocycles. The number of nitrogens with one attached hydrogen (secondary N) is 1. The first kappa shape index (κ1) is 24.2. The summed E-state index contributed by atoms with van der Waals surface area (Å²) in [7, 11) is 0. The maximum atomic E-state index is 15.2. The van der Waals surface area contributed by atoms with E-state index >= 15 is 4.39 Å². The van der Waals surface area contributed by atoms with Gasteiger partial charge in [0, 0.05) is 22.7 Å². The molecule has 0 radical (unpaired) electrons. The van der Waals surface area contributed by atoms with Crippen molar-refractivity contribution in [1.82, 2.24) is 14.5 Å². The molecule has 1 saturated carbocycles. The van der Waals surface area contributed by atoms with E-state index in [9.17, 15) is 4.39 Å². The lowest BCUT2D eigenvalue weighted by molar-refractivity contribution is 0.479. The van der Waals surface area contributed by atoms with E-state index in [-0.39, 0.29) is 11.6 Å². The summed E-state index contributed by atoms with van der Waals surface area (Å²) in [6.45, 7) is 0. The molecule has 0 aliphatic heterocycles. The van der Waals surface area contributed by atoms with Crippen LogP contribution in [-0.2, 0) is 0 Å². The van der Waals surface area contributed by atoms with Crippen molar-refractivity contribution in [2.45, 2.75) is 36.6 Å². The lowest BCUT2D eigenvalue weighted by atomic mass is 10.1. The highest BCUT2D eigenvalue weighted by atomic mass is 32.2. The Kier molecular flexibility index (Phi) is 6.59. The number of rotatable bonds is 7. The maximum absolute atomic E-state index is 15.2. The molecule has 1 aliphatic carbocycles. The average molecular weight is 530 g/mol. The summed E-state index contributed by atoms with van der Waals surface area (Å²) in [5, 5.41) is 0.756. The van der Waals surface area contributed by atoms with Gasteiger partial charge < -0.3 is 19.8 Å². The minimum Gasteiger partial charge on any atom is -0.457 e. The predicted molar refractivity (Wildman–Crippen MR) is 147 cm³/mol. The maximum Gasteiger partial charge on any atom is 0.147 e. The highest BCUT2D eigenvalue weighted by Gasteiger charge is 2.23. The summed E-state index contributed by atoms with van der Waals surface area (Å²) in [4.78, 5) is 9.53. The number of aromatic nitrogens is 3.